The summed E-state index contributed by atoms with van der Waals surface area (Å²) in [4.78, 5) is 29.6. The van der Waals surface area contributed by atoms with E-state index < -0.39 is 0 Å². The number of H-pyrrole nitrogens is 2. The van der Waals surface area contributed by atoms with Crippen molar-refractivity contribution in [2.24, 2.45) is 0 Å². The zero-order valence-corrected chi connectivity index (χ0v) is 21.6. The number of imidazole rings is 1. The Morgan fingerprint density at radius 2 is 1.66 bits per heavy atom. The van der Waals surface area contributed by atoms with Gasteiger partial charge >= 0.3 is 0 Å². The first-order chi connectivity index (χ1) is 20.1. The van der Waals surface area contributed by atoms with Gasteiger partial charge in [-0.2, -0.15) is 5.10 Å². The van der Waals surface area contributed by atoms with Gasteiger partial charge in [-0.05, 0) is 29.8 Å². The highest BCUT2D eigenvalue weighted by atomic mass is 19.1. The molecule has 41 heavy (non-hydrogen) atoms. The van der Waals surface area contributed by atoms with Crippen LogP contribution in [-0.2, 0) is 11.2 Å². The lowest BCUT2D eigenvalue weighted by atomic mass is 10.0. The molecule has 1 amide bonds. The maximum absolute atomic E-state index is 14.6. The largest absolute Gasteiger partial charge is 0.337 e. The summed E-state index contributed by atoms with van der Waals surface area (Å²) in [6, 6.07) is 25.7. The van der Waals surface area contributed by atoms with Gasteiger partial charge in [-0.15, -0.1) is 0 Å². The topological polar surface area (TPSA) is 112 Å². The maximum atomic E-state index is 14.6. The fourth-order valence-electron chi connectivity index (χ4n) is 4.94. The molecule has 0 aliphatic heterocycles. The number of carbonyl (C=O) groups is 1. The first kappa shape index (κ1) is 24.3. The second-order valence-electron chi connectivity index (χ2n) is 9.63. The smallest absolute Gasteiger partial charge is 0.228 e. The average Bonchev–Trinajstić information content (AvgIpc) is 3.62. The lowest BCUT2D eigenvalue weighted by molar-refractivity contribution is -0.115. The lowest BCUT2D eigenvalue weighted by Gasteiger charge is -2.07. The highest BCUT2D eigenvalue weighted by molar-refractivity contribution is 5.97. The Balaban J connectivity index is 1.22. The maximum Gasteiger partial charge on any atom is 0.228 e. The lowest BCUT2D eigenvalue weighted by Crippen LogP contribution is -2.14. The van der Waals surface area contributed by atoms with Gasteiger partial charge in [-0.3, -0.25) is 14.9 Å². The molecular formula is C32H22FN7O. The van der Waals surface area contributed by atoms with Crippen molar-refractivity contribution in [3.8, 4) is 33.8 Å². The van der Waals surface area contributed by atoms with Crippen LogP contribution in [0, 0.1) is 5.82 Å². The Labute approximate surface area is 233 Å². The number of hydrogen-bond acceptors (Lipinski definition) is 5. The van der Waals surface area contributed by atoms with Crippen LogP contribution in [0.3, 0.4) is 0 Å². The van der Waals surface area contributed by atoms with E-state index in [2.05, 4.69) is 30.5 Å². The number of aromatic nitrogens is 6. The summed E-state index contributed by atoms with van der Waals surface area (Å²) in [7, 11) is 0. The summed E-state index contributed by atoms with van der Waals surface area (Å²) in [6.45, 7) is 0. The van der Waals surface area contributed by atoms with Crippen LogP contribution >= 0.6 is 0 Å². The Morgan fingerprint density at radius 3 is 2.54 bits per heavy atom. The van der Waals surface area contributed by atoms with Crippen molar-refractivity contribution in [2.75, 3.05) is 5.32 Å². The van der Waals surface area contributed by atoms with Gasteiger partial charge in [0, 0.05) is 34.6 Å². The van der Waals surface area contributed by atoms with Crippen molar-refractivity contribution in [1.82, 2.24) is 30.1 Å². The van der Waals surface area contributed by atoms with Crippen molar-refractivity contribution < 1.29 is 9.18 Å². The molecule has 0 saturated carbocycles. The summed E-state index contributed by atoms with van der Waals surface area (Å²) in [5.41, 5.74) is 6.89. The number of nitrogens with zero attached hydrogens (tertiary/aromatic N) is 4. The molecule has 3 aromatic carbocycles. The number of aromatic amines is 2. The quantitative estimate of drug-likeness (QED) is 0.222. The minimum Gasteiger partial charge on any atom is -0.337 e. The number of halogens is 1. The van der Waals surface area contributed by atoms with E-state index in [-0.39, 0.29) is 18.1 Å². The molecule has 0 saturated heterocycles. The van der Waals surface area contributed by atoms with Crippen LogP contribution in [0.2, 0.25) is 0 Å². The van der Waals surface area contributed by atoms with Gasteiger partial charge in [0.25, 0.3) is 0 Å². The van der Waals surface area contributed by atoms with Crippen LogP contribution < -0.4 is 5.32 Å². The number of para-hydroxylation sites is 1. The van der Waals surface area contributed by atoms with E-state index in [0.29, 0.717) is 39.5 Å². The van der Waals surface area contributed by atoms with Gasteiger partial charge in [0.15, 0.2) is 11.5 Å². The molecule has 0 unspecified atom stereocenters. The van der Waals surface area contributed by atoms with Gasteiger partial charge < -0.3 is 10.3 Å². The zero-order chi connectivity index (χ0) is 27.8. The second-order valence-corrected chi connectivity index (χ2v) is 9.63. The molecule has 4 heterocycles. The predicted octanol–water partition coefficient (Wildman–Crippen LogP) is 6.55. The van der Waals surface area contributed by atoms with E-state index in [9.17, 15) is 9.18 Å². The van der Waals surface area contributed by atoms with Crippen molar-refractivity contribution in [3.05, 3.63) is 115 Å². The minimum atomic E-state index is -0.310. The molecule has 0 spiro atoms. The van der Waals surface area contributed by atoms with E-state index in [1.54, 1.807) is 36.8 Å². The fraction of sp³-hybridized carbons (Fsp3) is 0.0312. The molecule has 0 bridgehead atoms. The number of benzene rings is 3. The molecule has 4 aromatic heterocycles. The number of fused-ring (bicyclic) bond motifs is 2. The number of nitrogens with one attached hydrogen (secondary N) is 3. The van der Waals surface area contributed by atoms with Crippen LogP contribution in [0.1, 0.15) is 5.56 Å². The summed E-state index contributed by atoms with van der Waals surface area (Å²) in [6.07, 6.45) is 5.33. The molecule has 7 aromatic rings. The van der Waals surface area contributed by atoms with Crippen LogP contribution in [-0.4, -0.2) is 36.0 Å². The highest BCUT2D eigenvalue weighted by Gasteiger charge is 2.17. The van der Waals surface area contributed by atoms with Gasteiger partial charge in [0.2, 0.25) is 5.91 Å². The third-order valence-corrected chi connectivity index (χ3v) is 6.88. The number of rotatable bonds is 6. The number of carbonyl (C=O) groups excluding carboxylic acids is 1. The molecule has 0 radical (unpaired) electrons. The van der Waals surface area contributed by atoms with Crippen LogP contribution in [0.15, 0.2) is 104 Å². The van der Waals surface area contributed by atoms with E-state index in [0.717, 1.165) is 27.6 Å². The monoisotopic (exact) mass is 539 g/mol. The Kier molecular flexibility index (Phi) is 6.01. The van der Waals surface area contributed by atoms with Crippen molar-refractivity contribution >= 4 is 33.7 Å². The molecule has 7 rings (SSSR count). The van der Waals surface area contributed by atoms with Gasteiger partial charge in [-0.1, -0.05) is 60.7 Å². The summed E-state index contributed by atoms with van der Waals surface area (Å²) >= 11 is 0. The normalized spacial score (nSPS) is 11.2. The van der Waals surface area contributed by atoms with Gasteiger partial charge in [-0.25, -0.2) is 14.4 Å². The molecule has 3 N–H and O–H groups in total. The van der Waals surface area contributed by atoms with Gasteiger partial charge in [0.05, 0.1) is 34.7 Å². The number of pyridine rings is 2. The Morgan fingerprint density at radius 1 is 0.854 bits per heavy atom. The number of anilines is 1. The summed E-state index contributed by atoms with van der Waals surface area (Å²) < 4.78 is 14.6. The standard InChI is InChI=1S/C32H22FN7O/c33-26-11-5-4-9-23(26)24-10-6-12-27-29(24)38-32(37-27)30-25-15-21(17-35-31(25)40-39-30)20-14-22(18-34-16-20)36-28(41)13-19-7-2-1-3-8-19/h1-12,14-18H,13H2,(H,36,41)(H,37,38)(H,35,39,40). The molecule has 0 atom stereocenters. The molecule has 9 heteroatoms. The third-order valence-electron chi connectivity index (χ3n) is 6.88. The SMILES string of the molecule is O=C(Cc1ccccc1)Nc1cncc(-c2cnc3[nH]nc(-c4nc5c(-c6ccccc6F)cccc5[nH]4)c3c2)c1. The molecule has 0 aliphatic carbocycles. The van der Waals surface area contributed by atoms with E-state index >= 15 is 0 Å². The predicted molar refractivity (Wildman–Crippen MR) is 156 cm³/mol. The molecule has 0 fully saturated rings. The zero-order valence-electron chi connectivity index (χ0n) is 21.6. The number of hydrogen-bond donors (Lipinski definition) is 3. The highest BCUT2D eigenvalue weighted by Crippen LogP contribution is 2.33. The van der Waals surface area contributed by atoms with Crippen molar-refractivity contribution in [2.45, 2.75) is 6.42 Å². The van der Waals surface area contributed by atoms with Gasteiger partial charge in [0.1, 0.15) is 11.5 Å². The summed E-state index contributed by atoms with van der Waals surface area (Å²) in [5.74, 6) is 0.102. The second kappa shape index (κ2) is 10.1. The minimum absolute atomic E-state index is 0.125. The first-order valence-electron chi connectivity index (χ1n) is 13.0. The molecule has 198 valence electrons. The van der Waals surface area contributed by atoms with Crippen LogP contribution in [0.4, 0.5) is 10.1 Å². The Hall–Kier alpha value is -5.70. The fourth-order valence-corrected chi connectivity index (χ4v) is 4.94. The van der Waals surface area contributed by atoms with E-state index in [4.69, 9.17) is 4.98 Å². The summed E-state index contributed by atoms with van der Waals surface area (Å²) in [5, 5.41) is 11.1. The third kappa shape index (κ3) is 4.70. The first-order valence-corrected chi connectivity index (χ1v) is 13.0. The molecule has 8 nitrogen and oxygen atoms in total. The molecule has 0 aliphatic rings. The van der Waals surface area contributed by atoms with Crippen molar-refractivity contribution in [1.29, 1.82) is 0 Å². The average molecular weight is 540 g/mol. The molecular weight excluding hydrogens is 517 g/mol. The van der Waals surface area contributed by atoms with E-state index in [1.807, 2.05) is 60.7 Å². The van der Waals surface area contributed by atoms with Crippen LogP contribution in [0.25, 0.3) is 55.8 Å². The van der Waals surface area contributed by atoms with Crippen molar-refractivity contribution in [3.63, 3.8) is 0 Å². The number of amides is 1. The van der Waals surface area contributed by atoms with Crippen LogP contribution in [0.5, 0.6) is 0 Å². The van der Waals surface area contributed by atoms with E-state index in [1.165, 1.54) is 6.07 Å². The Bertz CT molecular complexity index is 2050.